The summed E-state index contributed by atoms with van der Waals surface area (Å²) < 4.78 is 29.0. The molecule has 0 aliphatic carbocycles. The van der Waals surface area contributed by atoms with Crippen molar-refractivity contribution >= 4 is 22.0 Å². The third-order valence-electron chi connectivity index (χ3n) is 2.45. The van der Waals surface area contributed by atoms with E-state index in [9.17, 15) is 18.0 Å². The number of sulfonamides is 1. The lowest BCUT2D eigenvalue weighted by molar-refractivity contribution is -0.142. The Labute approximate surface area is 99.4 Å². The summed E-state index contributed by atoms with van der Waals surface area (Å²) in [5.74, 6) is -2.84. The fourth-order valence-electron chi connectivity index (χ4n) is 1.75. The fourth-order valence-corrected chi connectivity index (χ4v) is 3.29. The van der Waals surface area contributed by atoms with Gasteiger partial charge in [-0.1, -0.05) is 0 Å². The minimum Gasteiger partial charge on any atom is -0.480 e. The van der Waals surface area contributed by atoms with E-state index in [2.05, 4.69) is 4.74 Å². The lowest BCUT2D eigenvalue weighted by Gasteiger charge is -2.20. The van der Waals surface area contributed by atoms with Crippen LogP contribution >= 0.6 is 0 Å². The van der Waals surface area contributed by atoms with Gasteiger partial charge in [-0.25, -0.2) is 8.42 Å². The molecule has 1 heterocycles. The average Bonchev–Trinajstić information content (AvgIpc) is 2.65. The van der Waals surface area contributed by atoms with Gasteiger partial charge in [0.15, 0.2) is 5.75 Å². The molecule has 1 fully saturated rings. The molecule has 1 N–H and O–H groups in total. The first kappa shape index (κ1) is 13.9. The van der Waals surface area contributed by atoms with Crippen LogP contribution in [-0.2, 0) is 24.3 Å². The maximum Gasteiger partial charge on any atom is 0.322 e. The summed E-state index contributed by atoms with van der Waals surface area (Å²) in [6.45, 7) is 1.80. The van der Waals surface area contributed by atoms with Crippen molar-refractivity contribution in [1.82, 2.24) is 4.31 Å². The first-order valence-corrected chi connectivity index (χ1v) is 6.87. The Kier molecular flexibility index (Phi) is 4.47. The van der Waals surface area contributed by atoms with Crippen LogP contribution in [0.4, 0.5) is 0 Å². The van der Waals surface area contributed by atoms with Crippen molar-refractivity contribution in [3.63, 3.8) is 0 Å². The second-order valence-corrected chi connectivity index (χ2v) is 5.59. The highest BCUT2D eigenvalue weighted by Gasteiger charge is 2.39. The monoisotopic (exact) mass is 265 g/mol. The zero-order valence-corrected chi connectivity index (χ0v) is 10.3. The molecule has 1 unspecified atom stereocenters. The molecular weight excluding hydrogens is 250 g/mol. The number of esters is 1. The number of hydrogen-bond acceptors (Lipinski definition) is 5. The summed E-state index contributed by atoms with van der Waals surface area (Å²) in [5, 5.41) is 8.86. The summed E-state index contributed by atoms with van der Waals surface area (Å²) in [6, 6.07) is -1.06. The second-order valence-electron chi connectivity index (χ2n) is 3.67. The summed E-state index contributed by atoms with van der Waals surface area (Å²) in [5.41, 5.74) is 0. The maximum atomic E-state index is 11.8. The van der Waals surface area contributed by atoms with Crippen molar-refractivity contribution in [2.45, 2.75) is 25.8 Å². The van der Waals surface area contributed by atoms with Crippen LogP contribution in [0.2, 0.25) is 0 Å². The van der Waals surface area contributed by atoms with E-state index in [4.69, 9.17) is 5.11 Å². The van der Waals surface area contributed by atoms with E-state index in [1.807, 2.05) is 0 Å². The van der Waals surface area contributed by atoms with Crippen LogP contribution in [0.15, 0.2) is 0 Å². The van der Waals surface area contributed by atoms with Gasteiger partial charge in [0.2, 0.25) is 10.0 Å². The number of hydrogen-bond donors (Lipinski definition) is 1. The predicted molar refractivity (Wildman–Crippen MR) is 57.8 cm³/mol. The third-order valence-corrected chi connectivity index (χ3v) is 4.20. The van der Waals surface area contributed by atoms with E-state index in [0.29, 0.717) is 6.42 Å². The Balaban J connectivity index is 2.76. The zero-order valence-electron chi connectivity index (χ0n) is 9.46. The Morgan fingerprint density at radius 1 is 1.47 bits per heavy atom. The minimum atomic E-state index is -3.90. The highest BCUT2D eigenvalue weighted by Crippen LogP contribution is 2.21. The molecule has 8 heteroatoms. The Morgan fingerprint density at radius 3 is 2.65 bits per heavy atom. The summed E-state index contributed by atoms with van der Waals surface area (Å²) >= 11 is 0. The molecule has 0 radical (unpaired) electrons. The van der Waals surface area contributed by atoms with Crippen LogP contribution in [-0.4, -0.2) is 54.7 Å². The van der Waals surface area contributed by atoms with Gasteiger partial charge in [0.25, 0.3) is 0 Å². The molecule has 1 aliphatic heterocycles. The molecule has 0 spiro atoms. The van der Waals surface area contributed by atoms with Gasteiger partial charge >= 0.3 is 11.9 Å². The molecule has 17 heavy (non-hydrogen) atoms. The van der Waals surface area contributed by atoms with Crippen molar-refractivity contribution in [2.24, 2.45) is 0 Å². The van der Waals surface area contributed by atoms with E-state index < -0.39 is 33.8 Å². The number of nitrogens with zero attached hydrogens (tertiary/aromatic N) is 1. The first-order chi connectivity index (χ1) is 7.88. The minimum absolute atomic E-state index is 0.0940. The van der Waals surface area contributed by atoms with Crippen LogP contribution in [0, 0.1) is 0 Å². The lowest BCUT2D eigenvalue weighted by Crippen LogP contribution is -2.43. The number of aliphatic carboxylic acids is 1. The number of rotatable bonds is 5. The number of carbonyl (C=O) groups excluding carboxylic acids is 1. The topological polar surface area (TPSA) is 101 Å². The molecule has 1 aliphatic rings. The van der Waals surface area contributed by atoms with E-state index in [1.54, 1.807) is 6.92 Å². The molecule has 0 aromatic carbocycles. The smallest absolute Gasteiger partial charge is 0.322 e. The largest absolute Gasteiger partial charge is 0.480 e. The van der Waals surface area contributed by atoms with Crippen LogP contribution < -0.4 is 0 Å². The van der Waals surface area contributed by atoms with Gasteiger partial charge in [-0.15, -0.1) is 0 Å². The molecule has 1 atom stereocenters. The molecule has 98 valence electrons. The summed E-state index contributed by atoms with van der Waals surface area (Å²) in [7, 11) is -3.90. The van der Waals surface area contributed by atoms with Crippen LogP contribution in [0.5, 0.6) is 0 Å². The summed E-state index contributed by atoms with van der Waals surface area (Å²) in [6.07, 6.45) is 0.760. The van der Waals surface area contributed by atoms with Gasteiger partial charge in [-0.3, -0.25) is 9.59 Å². The van der Waals surface area contributed by atoms with E-state index >= 15 is 0 Å². The number of ether oxygens (including phenoxy) is 1. The third kappa shape index (κ3) is 3.40. The average molecular weight is 265 g/mol. The first-order valence-electron chi connectivity index (χ1n) is 5.26. The Bertz CT molecular complexity index is 404. The van der Waals surface area contributed by atoms with Crippen LogP contribution in [0.25, 0.3) is 0 Å². The van der Waals surface area contributed by atoms with Gasteiger partial charge in [0.1, 0.15) is 6.04 Å². The van der Waals surface area contributed by atoms with E-state index in [1.165, 1.54) is 0 Å². The number of carboxylic acids is 1. The van der Waals surface area contributed by atoms with Crippen LogP contribution in [0.1, 0.15) is 19.8 Å². The SMILES string of the molecule is CCOC(=O)CS(=O)(=O)N1CCCC1C(=O)O. The Hall–Kier alpha value is -1.15. The number of carbonyl (C=O) groups is 2. The predicted octanol–water partition coefficient (Wildman–Crippen LogP) is -0.572. The normalized spacial score (nSPS) is 21.4. The van der Waals surface area contributed by atoms with E-state index in [0.717, 1.165) is 4.31 Å². The molecule has 0 bridgehead atoms. The number of carboxylic acid groups (broad SMARTS) is 1. The van der Waals surface area contributed by atoms with Crippen LogP contribution in [0.3, 0.4) is 0 Å². The molecule has 0 aromatic rings. The van der Waals surface area contributed by atoms with E-state index in [-0.39, 0.29) is 19.6 Å². The second kappa shape index (κ2) is 5.46. The van der Waals surface area contributed by atoms with Gasteiger partial charge < -0.3 is 9.84 Å². The molecule has 0 amide bonds. The molecule has 0 saturated carbocycles. The van der Waals surface area contributed by atoms with Crippen molar-refractivity contribution in [1.29, 1.82) is 0 Å². The molecule has 0 aromatic heterocycles. The highest BCUT2D eigenvalue weighted by molar-refractivity contribution is 7.89. The van der Waals surface area contributed by atoms with Gasteiger partial charge in [-0.05, 0) is 19.8 Å². The van der Waals surface area contributed by atoms with Crippen molar-refractivity contribution in [3.8, 4) is 0 Å². The quantitative estimate of drug-likeness (QED) is 0.668. The fraction of sp³-hybridized carbons (Fsp3) is 0.778. The van der Waals surface area contributed by atoms with Gasteiger partial charge in [-0.2, -0.15) is 4.31 Å². The van der Waals surface area contributed by atoms with Gasteiger partial charge in [0, 0.05) is 6.54 Å². The molecular formula is C9H15NO6S. The van der Waals surface area contributed by atoms with Crippen molar-refractivity contribution < 1.29 is 27.9 Å². The Morgan fingerprint density at radius 2 is 2.12 bits per heavy atom. The zero-order chi connectivity index (χ0) is 13.1. The summed E-state index contributed by atoms with van der Waals surface area (Å²) in [4.78, 5) is 22.0. The molecule has 1 rings (SSSR count). The maximum absolute atomic E-state index is 11.8. The van der Waals surface area contributed by atoms with Gasteiger partial charge in [0.05, 0.1) is 6.61 Å². The molecule has 1 saturated heterocycles. The van der Waals surface area contributed by atoms with Crippen molar-refractivity contribution in [3.05, 3.63) is 0 Å². The lowest BCUT2D eigenvalue weighted by atomic mass is 10.2. The highest BCUT2D eigenvalue weighted by atomic mass is 32.2. The standard InChI is InChI=1S/C9H15NO6S/c1-2-16-8(11)6-17(14,15)10-5-3-4-7(10)9(12)13/h7H,2-6H2,1H3,(H,12,13). The van der Waals surface area contributed by atoms with Crippen molar-refractivity contribution in [2.75, 3.05) is 18.9 Å². The molecule has 7 nitrogen and oxygen atoms in total.